The van der Waals surface area contributed by atoms with Gasteiger partial charge in [-0.1, -0.05) is 44.2 Å². The lowest BCUT2D eigenvalue weighted by atomic mass is 10.0. The Morgan fingerprint density at radius 3 is 2.52 bits per heavy atom. The van der Waals surface area contributed by atoms with Gasteiger partial charge in [-0.3, -0.25) is 14.2 Å². The van der Waals surface area contributed by atoms with E-state index in [1.807, 2.05) is 68.4 Å². The average molecular weight is 442 g/mol. The van der Waals surface area contributed by atoms with Crippen molar-refractivity contribution in [3.05, 3.63) is 94.0 Å². The fraction of sp³-hybridized carbons (Fsp3) is 0.222. The van der Waals surface area contributed by atoms with Gasteiger partial charge in [-0.15, -0.1) is 0 Å². The fourth-order valence-corrected chi connectivity index (χ4v) is 3.89. The summed E-state index contributed by atoms with van der Waals surface area (Å²) < 4.78 is 7.36. The quantitative estimate of drug-likeness (QED) is 0.449. The SMILES string of the molecule is Cc1cc(-n2c(C)nc3ccccc3c2=O)ccc1NC(=O)COc1ccccc1C(C)C. The smallest absolute Gasteiger partial charge is 0.265 e. The minimum atomic E-state index is -0.245. The van der Waals surface area contributed by atoms with Crippen LogP contribution < -0.4 is 15.6 Å². The van der Waals surface area contributed by atoms with Gasteiger partial charge in [0.2, 0.25) is 0 Å². The van der Waals surface area contributed by atoms with Crippen molar-refractivity contribution in [1.82, 2.24) is 9.55 Å². The number of aromatic nitrogens is 2. The monoisotopic (exact) mass is 441 g/mol. The third-order valence-electron chi connectivity index (χ3n) is 5.59. The minimum Gasteiger partial charge on any atom is -0.483 e. The number of carbonyl (C=O) groups is 1. The van der Waals surface area contributed by atoms with Crippen LogP contribution in [0.15, 0.2) is 71.5 Å². The summed E-state index contributed by atoms with van der Waals surface area (Å²) in [5.74, 6) is 1.38. The lowest BCUT2D eigenvalue weighted by Crippen LogP contribution is -2.23. The second kappa shape index (κ2) is 9.28. The molecule has 0 aliphatic rings. The summed E-state index contributed by atoms with van der Waals surface area (Å²) >= 11 is 0. The molecule has 0 saturated heterocycles. The zero-order valence-electron chi connectivity index (χ0n) is 19.3. The van der Waals surface area contributed by atoms with Crippen LogP contribution in [0.2, 0.25) is 0 Å². The molecular formula is C27H27N3O3. The number of nitrogens with zero attached hydrogens (tertiary/aromatic N) is 2. The van der Waals surface area contributed by atoms with Crippen molar-refractivity contribution in [3.63, 3.8) is 0 Å². The van der Waals surface area contributed by atoms with Crippen molar-refractivity contribution < 1.29 is 9.53 Å². The van der Waals surface area contributed by atoms with Gasteiger partial charge in [0.05, 0.1) is 16.6 Å². The summed E-state index contributed by atoms with van der Waals surface area (Å²) in [6.45, 7) is 7.79. The summed E-state index contributed by atoms with van der Waals surface area (Å²) in [6.07, 6.45) is 0. The zero-order valence-corrected chi connectivity index (χ0v) is 19.3. The van der Waals surface area contributed by atoms with Crippen LogP contribution in [-0.2, 0) is 4.79 Å². The molecule has 0 unspecified atom stereocenters. The van der Waals surface area contributed by atoms with Gasteiger partial charge >= 0.3 is 0 Å². The number of anilines is 1. The Kier molecular flexibility index (Phi) is 6.27. The number of hydrogen-bond donors (Lipinski definition) is 1. The first kappa shape index (κ1) is 22.3. The first-order valence-electron chi connectivity index (χ1n) is 11.0. The highest BCUT2D eigenvalue weighted by Gasteiger charge is 2.13. The van der Waals surface area contributed by atoms with Crippen LogP contribution in [0.5, 0.6) is 5.75 Å². The molecule has 0 aliphatic carbocycles. The molecule has 3 aromatic carbocycles. The third-order valence-corrected chi connectivity index (χ3v) is 5.59. The van der Waals surface area contributed by atoms with Crippen molar-refractivity contribution in [1.29, 1.82) is 0 Å². The van der Waals surface area contributed by atoms with Crippen molar-refractivity contribution in [2.45, 2.75) is 33.6 Å². The molecule has 6 nitrogen and oxygen atoms in total. The van der Waals surface area contributed by atoms with Crippen molar-refractivity contribution in [3.8, 4) is 11.4 Å². The molecular weight excluding hydrogens is 414 g/mol. The second-order valence-corrected chi connectivity index (χ2v) is 8.35. The number of fused-ring (bicyclic) bond motifs is 1. The number of rotatable bonds is 6. The predicted molar refractivity (Wildman–Crippen MR) is 131 cm³/mol. The summed E-state index contributed by atoms with van der Waals surface area (Å²) in [4.78, 5) is 30.1. The number of carbonyl (C=O) groups excluding carboxylic acids is 1. The molecule has 1 N–H and O–H groups in total. The zero-order chi connectivity index (χ0) is 23.5. The molecule has 33 heavy (non-hydrogen) atoms. The molecule has 0 radical (unpaired) electrons. The standard InChI is InChI=1S/C27H27N3O3/c1-17(2)21-9-6-8-12-25(21)33-16-26(31)29-23-14-13-20(15-18(23)3)30-19(4)28-24-11-7-5-10-22(24)27(30)32/h5-15,17H,16H2,1-4H3,(H,29,31). The Hall–Kier alpha value is -3.93. The maximum absolute atomic E-state index is 13.1. The summed E-state index contributed by atoms with van der Waals surface area (Å²) in [5, 5.41) is 3.47. The van der Waals surface area contributed by atoms with E-state index >= 15 is 0 Å². The van der Waals surface area contributed by atoms with Gasteiger partial charge in [0, 0.05) is 5.69 Å². The molecule has 1 amide bonds. The lowest BCUT2D eigenvalue weighted by molar-refractivity contribution is -0.118. The number of hydrogen-bond acceptors (Lipinski definition) is 4. The van der Waals surface area contributed by atoms with Gasteiger partial charge < -0.3 is 10.1 Å². The highest BCUT2D eigenvalue weighted by atomic mass is 16.5. The van der Waals surface area contributed by atoms with Crippen LogP contribution >= 0.6 is 0 Å². The number of nitrogens with one attached hydrogen (secondary N) is 1. The van der Waals surface area contributed by atoms with Crippen LogP contribution in [-0.4, -0.2) is 22.1 Å². The van der Waals surface area contributed by atoms with Crippen LogP contribution in [0.3, 0.4) is 0 Å². The molecule has 0 saturated carbocycles. The first-order valence-corrected chi connectivity index (χ1v) is 11.0. The van der Waals surface area contributed by atoms with Gasteiger partial charge in [-0.2, -0.15) is 0 Å². The molecule has 0 fully saturated rings. The van der Waals surface area contributed by atoms with E-state index < -0.39 is 0 Å². The molecule has 0 atom stereocenters. The molecule has 168 valence electrons. The number of benzene rings is 3. The number of ether oxygens (including phenoxy) is 1. The topological polar surface area (TPSA) is 73.2 Å². The highest BCUT2D eigenvalue weighted by Crippen LogP contribution is 2.26. The van der Waals surface area contributed by atoms with E-state index in [-0.39, 0.29) is 18.1 Å². The van der Waals surface area contributed by atoms with E-state index in [4.69, 9.17) is 4.74 Å². The van der Waals surface area contributed by atoms with E-state index in [0.29, 0.717) is 39.8 Å². The first-order chi connectivity index (χ1) is 15.8. The highest BCUT2D eigenvalue weighted by molar-refractivity contribution is 5.92. The van der Waals surface area contributed by atoms with Crippen LogP contribution in [0.25, 0.3) is 16.6 Å². The van der Waals surface area contributed by atoms with E-state index in [9.17, 15) is 9.59 Å². The van der Waals surface area contributed by atoms with Gasteiger partial charge in [0.15, 0.2) is 6.61 Å². The van der Waals surface area contributed by atoms with Crippen molar-refractivity contribution in [2.24, 2.45) is 0 Å². The molecule has 4 aromatic rings. The molecule has 6 heteroatoms. The summed E-state index contributed by atoms with van der Waals surface area (Å²) in [5.41, 5.74) is 3.83. The van der Waals surface area contributed by atoms with Gasteiger partial charge in [-0.05, 0) is 67.3 Å². The predicted octanol–water partition coefficient (Wildman–Crippen LogP) is 5.14. The Labute approximate surface area is 192 Å². The van der Waals surface area contributed by atoms with E-state index in [1.165, 1.54) is 0 Å². The minimum absolute atomic E-state index is 0.0852. The molecule has 4 rings (SSSR count). The Balaban J connectivity index is 1.53. The molecule has 1 heterocycles. The Bertz CT molecular complexity index is 1390. The Morgan fingerprint density at radius 1 is 1.03 bits per heavy atom. The van der Waals surface area contributed by atoms with Crippen LogP contribution in [0.4, 0.5) is 5.69 Å². The Morgan fingerprint density at radius 2 is 1.76 bits per heavy atom. The maximum atomic E-state index is 13.1. The maximum Gasteiger partial charge on any atom is 0.265 e. The number of para-hydroxylation sites is 2. The largest absolute Gasteiger partial charge is 0.483 e. The number of aryl methyl sites for hydroxylation is 2. The van der Waals surface area contributed by atoms with E-state index in [2.05, 4.69) is 24.1 Å². The third kappa shape index (κ3) is 4.65. The second-order valence-electron chi connectivity index (χ2n) is 8.35. The molecule has 0 aliphatic heterocycles. The molecule has 0 spiro atoms. The number of amides is 1. The normalized spacial score (nSPS) is 11.1. The van der Waals surface area contributed by atoms with Crippen molar-refractivity contribution in [2.75, 3.05) is 11.9 Å². The van der Waals surface area contributed by atoms with Crippen LogP contribution in [0.1, 0.15) is 36.7 Å². The van der Waals surface area contributed by atoms with Gasteiger partial charge in [-0.25, -0.2) is 4.98 Å². The summed E-state index contributed by atoms with van der Waals surface area (Å²) in [6, 6.07) is 20.5. The van der Waals surface area contributed by atoms with E-state index in [0.717, 1.165) is 11.1 Å². The fourth-order valence-electron chi connectivity index (χ4n) is 3.89. The van der Waals surface area contributed by atoms with Gasteiger partial charge in [0.25, 0.3) is 11.5 Å². The molecule has 1 aromatic heterocycles. The summed E-state index contributed by atoms with van der Waals surface area (Å²) in [7, 11) is 0. The molecule has 0 bridgehead atoms. The lowest BCUT2D eigenvalue weighted by Gasteiger charge is -2.15. The average Bonchev–Trinajstić information content (AvgIpc) is 2.79. The van der Waals surface area contributed by atoms with Crippen molar-refractivity contribution >= 4 is 22.5 Å². The van der Waals surface area contributed by atoms with Crippen LogP contribution in [0, 0.1) is 13.8 Å². The van der Waals surface area contributed by atoms with E-state index in [1.54, 1.807) is 16.7 Å². The van der Waals surface area contributed by atoms with Gasteiger partial charge in [0.1, 0.15) is 11.6 Å².